The van der Waals surface area contributed by atoms with E-state index in [-0.39, 0.29) is 17.9 Å². The first-order valence-electron chi connectivity index (χ1n) is 11.0. The quantitative estimate of drug-likeness (QED) is 0.685. The van der Waals surface area contributed by atoms with Gasteiger partial charge in [-0.25, -0.2) is 4.68 Å². The highest BCUT2D eigenvalue weighted by Crippen LogP contribution is 2.17. The monoisotopic (exact) mass is 431 g/mol. The van der Waals surface area contributed by atoms with E-state index in [9.17, 15) is 9.59 Å². The zero-order chi connectivity index (χ0) is 22.8. The number of nitrogens with one attached hydrogen (secondary N) is 1. The molecule has 1 saturated heterocycles. The summed E-state index contributed by atoms with van der Waals surface area (Å²) in [6, 6.07) is 11.9. The van der Waals surface area contributed by atoms with E-state index in [1.165, 1.54) is 5.56 Å². The summed E-state index contributed by atoms with van der Waals surface area (Å²) < 4.78 is 1.64. The highest BCUT2D eigenvalue weighted by atomic mass is 16.2. The fourth-order valence-electron chi connectivity index (χ4n) is 4.12. The molecule has 7 nitrogen and oxygen atoms in total. The number of rotatable bonds is 4. The molecule has 0 atom stereocenters. The van der Waals surface area contributed by atoms with Crippen LogP contribution in [0, 0.1) is 27.7 Å². The zero-order valence-electron chi connectivity index (χ0n) is 19.1. The van der Waals surface area contributed by atoms with Crippen LogP contribution in [-0.4, -0.2) is 50.8 Å². The number of aromatic nitrogens is 3. The summed E-state index contributed by atoms with van der Waals surface area (Å²) in [4.78, 5) is 27.3. The number of hydrogen-bond acceptors (Lipinski definition) is 4. The highest BCUT2D eigenvalue weighted by molar-refractivity contribution is 5.95. The van der Waals surface area contributed by atoms with Crippen molar-refractivity contribution in [3.8, 4) is 5.69 Å². The van der Waals surface area contributed by atoms with Gasteiger partial charge in [-0.3, -0.25) is 9.59 Å². The number of carbonyl (C=O) groups is 2. The third kappa shape index (κ3) is 4.72. The van der Waals surface area contributed by atoms with Crippen LogP contribution in [0.4, 0.5) is 0 Å². The zero-order valence-corrected chi connectivity index (χ0v) is 19.1. The molecule has 1 fully saturated rings. The molecule has 1 aliphatic rings. The molecule has 2 heterocycles. The van der Waals surface area contributed by atoms with Crippen molar-refractivity contribution in [1.29, 1.82) is 0 Å². The van der Waals surface area contributed by atoms with Crippen LogP contribution in [0.2, 0.25) is 0 Å². The van der Waals surface area contributed by atoms with Crippen molar-refractivity contribution < 1.29 is 9.59 Å². The number of likely N-dealkylation sites (tertiary alicyclic amines) is 1. The average molecular weight is 432 g/mol. The van der Waals surface area contributed by atoms with E-state index in [4.69, 9.17) is 0 Å². The molecule has 3 aromatic rings. The van der Waals surface area contributed by atoms with Gasteiger partial charge in [-0.2, -0.15) is 0 Å². The first kappa shape index (κ1) is 21.7. The van der Waals surface area contributed by atoms with Gasteiger partial charge in [-0.05, 0) is 75.9 Å². The number of aryl methyl sites for hydroxylation is 4. The number of carbonyl (C=O) groups excluding carboxylic acids is 2. The lowest BCUT2D eigenvalue weighted by Gasteiger charge is -2.32. The van der Waals surface area contributed by atoms with Crippen LogP contribution in [0.1, 0.15) is 55.9 Å². The van der Waals surface area contributed by atoms with Crippen molar-refractivity contribution in [3.63, 3.8) is 0 Å². The lowest BCUT2D eigenvalue weighted by molar-refractivity contribution is 0.0692. The Morgan fingerprint density at radius 2 is 1.62 bits per heavy atom. The maximum atomic E-state index is 12.9. The van der Waals surface area contributed by atoms with Crippen LogP contribution in [0.25, 0.3) is 5.69 Å². The minimum absolute atomic E-state index is 0.0542. The Hall–Kier alpha value is -3.48. The lowest BCUT2D eigenvalue weighted by Crippen LogP contribution is -2.46. The van der Waals surface area contributed by atoms with Crippen molar-refractivity contribution in [1.82, 2.24) is 25.2 Å². The topological polar surface area (TPSA) is 80.1 Å². The second-order valence-electron chi connectivity index (χ2n) is 8.73. The maximum Gasteiger partial charge on any atom is 0.276 e. The van der Waals surface area contributed by atoms with Gasteiger partial charge in [-0.1, -0.05) is 28.5 Å². The summed E-state index contributed by atoms with van der Waals surface area (Å²) in [7, 11) is 0. The van der Waals surface area contributed by atoms with Gasteiger partial charge in [0.25, 0.3) is 11.8 Å². The summed E-state index contributed by atoms with van der Waals surface area (Å²) in [5.74, 6) is -0.183. The number of piperidine rings is 1. The van der Waals surface area contributed by atoms with Gasteiger partial charge >= 0.3 is 0 Å². The molecule has 7 heteroatoms. The molecule has 0 bridgehead atoms. The summed E-state index contributed by atoms with van der Waals surface area (Å²) >= 11 is 0. The van der Waals surface area contributed by atoms with Gasteiger partial charge in [0.2, 0.25) is 0 Å². The van der Waals surface area contributed by atoms with E-state index in [0.717, 1.165) is 22.4 Å². The molecule has 2 amide bonds. The molecule has 166 valence electrons. The predicted octanol–water partition coefficient (Wildman–Crippen LogP) is 3.54. The SMILES string of the molecule is Cc1cc(C)cc(C(=O)NC2CCN(C(=O)c3cn(-c4ccc(C)c(C)c4)nn3)CC2)c1. The highest BCUT2D eigenvalue weighted by Gasteiger charge is 2.26. The fraction of sp³-hybridized carbons (Fsp3) is 0.360. The van der Waals surface area contributed by atoms with Crippen LogP contribution in [-0.2, 0) is 0 Å². The molecule has 1 N–H and O–H groups in total. The largest absolute Gasteiger partial charge is 0.349 e. The molecule has 32 heavy (non-hydrogen) atoms. The molecule has 0 spiro atoms. The second kappa shape index (κ2) is 8.94. The molecule has 1 aliphatic heterocycles. The summed E-state index contributed by atoms with van der Waals surface area (Å²) in [6.45, 7) is 9.24. The Kier molecular flexibility index (Phi) is 6.08. The number of hydrogen-bond donors (Lipinski definition) is 1. The molecule has 1 aromatic heterocycles. The number of nitrogens with zero attached hydrogens (tertiary/aromatic N) is 4. The normalized spacial score (nSPS) is 14.4. The van der Waals surface area contributed by atoms with Gasteiger partial charge in [-0.15, -0.1) is 5.10 Å². The predicted molar refractivity (Wildman–Crippen MR) is 123 cm³/mol. The fourth-order valence-corrected chi connectivity index (χ4v) is 4.12. The van der Waals surface area contributed by atoms with Crippen LogP contribution < -0.4 is 5.32 Å². The molecule has 0 unspecified atom stereocenters. The van der Waals surface area contributed by atoms with Crippen LogP contribution in [0.5, 0.6) is 0 Å². The summed E-state index contributed by atoms with van der Waals surface area (Å²) in [6.07, 6.45) is 3.11. The first-order valence-corrected chi connectivity index (χ1v) is 11.0. The molecule has 0 aliphatic carbocycles. The summed E-state index contributed by atoms with van der Waals surface area (Å²) in [5.41, 5.74) is 6.42. The molecular weight excluding hydrogens is 402 g/mol. The van der Waals surface area contributed by atoms with Crippen molar-refractivity contribution in [2.45, 2.75) is 46.6 Å². The third-order valence-corrected chi connectivity index (χ3v) is 6.07. The Balaban J connectivity index is 1.35. The standard InChI is InChI=1S/C25H29N5O2/c1-16-11-17(2)13-20(12-16)24(31)26-21-7-9-29(10-8-21)25(32)23-15-30(28-27-23)22-6-5-18(3)19(4)14-22/h5-6,11-15,21H,7-10H2,1-4H3,(H,26,31). The molecule has 2 aromatic carbocycles. The van der Waals surface area contributed by atoms with Crippen molar-refractivity contribution >= 4 is 11.8 Å². The van der Waals surface area contributed by atoms with Gasteiger partial charge in [0.05, 0.1) is 11.9 Å². The number of amides is 2. The minimum atomic E-state index is -0.126. The molecule has 0 radical (unpaired) electrons. The van der Waals surface area contributed by atoms with Crippen LogP contribution in [0.3, 0.4) is 0 Å². The van der Waals surface area contributed by atoms with E-state index >= 15 is 0 Å². The van der Waals surface area contributed by atoms with Gasteiger partial charge < -0.3 is 10.2 Å². The lowest BCUT2D eigenvalue weighted by atomic mass is 10.0. The van der Waals surface area contributed by atoms with Crippen molar-refractivity contribution in [2.24, 2.45) is 0 Å². The Bertz CT molecular complexity index is 1140. The van der Waals surface area contributed by atoms with Crippen molar-refractivity contribution in [3.05, 3.63) is 76.1 Å². The van der Waals surface area contributed by atoms with E-state index in [2.05, 4.69) is 28.6 Å². The minimum Gasteiger partial charge on any atom is -0.349 e. The van der Waals surface area contributed by atoms with E-state index in [0.29, 0.717) is 37.2 Å². The smallest absolute Gasteiger partial charge is 0.276 e. The Labute approximate surface area is 188 Å². The molecule has 0 saturated carbocycles. The van der Waals surface area contributed by atoms with E-state index < -0.39 is 0 Å². The Morgan fingerprint density at radius 3 is 2.28 bits per heavy atom. The first-order chi connectivity index (χ1) is 15.3. The van der Waals surface area contributed by atoms with Crippen LogP contribution in [0.15, 0.2) is 42.6 Å². The van der Waals surface area contributed by atoms with Crippen molar-refractivity contribution in [2.75, 3.05) is 13.1 Å². The summed E-state index contributed by atoms with van der Waals surface area (Å²) in [5, 5.41) is 11.3. The van der Waals surface area contributed by atoms with Gasteiger partial charge in [0.15, 0.2) is 5.69 Å². The molecular formula is C25H29N5O2. The van der Waals surface area contributed by atoms with Crippen LogP contribution >= 0.6 is 0 Å². The van der Waals surface area contributed by atoms with E-state index in [1.54, 1.807) is 15.8 Å². The maximum absolute atomic E-state index is 12.9. The third-order valence-electron chi connectivity index (χ3n) is 6.07. The molecule has 4 rings (SSSR count). The Morgan fingerprint density at radius 1 is 0.938 bits per heavy atom. The number of benzene rings is 2. The van der Waals surface area contributed by atoms with Gasteiger partial charge in [0.1, 0.15) is 0 Å². The van der Waals surface area contributed by atoms with E-state index in [1.807, 2.05) is 51.1 Å². The second-order valence-corrected chi connectivity index (χ2v) is 8.73. The van der Waals surface area contributed by atoms with Gasteiger partial charge in [0, 0.05) is 24.7 Å². The average Bonchev–Trinajstić information content (AvgIpc) is 3.25.